The van der Waals surface area contributed by atoms with Crippen molar-refractivity contribution in [2.45, 2.75) is 91.6 Å². The van der Waals surface area contributed by atoms with Gasteiger partial charge < -0.3 is 10.2 Å². The minimum absolute atomic E-state index is 0.450. The summed E-state index contributed by atoms with van der Waals surface area (Å²) in [6.45, 7) is 16.0. The Bertz CT molecular complexity index is 310. The molecule has 2 aliphatic heterocycles. The summed E-state index contributed by atoms with van der Waals surface area (Å²) in [4.78, 5) is 2.70. The van der Waals surface area contributed by atoms with E-state index in [-0.39, 0.29) is 0 Å². The van der Waals surface area contributed by atoms with E-state index in [2.05, 4.69) is 44.8 Å². The van der Waals surface area contributed by atoms with E-state index in [4.69, 9.17) is 0 Å². The molecule has 0 aliphatic carbocycles. The first kappa shape index (κ1) is 17.3. The summed E-state index contributed by atoms with van der Waals surface area (Å²) < 4.78 is 0. The molecule has 2 saturated heterocycles. The summed E-state index contributed by atoms with van der Waals surface area (Å²) >= 11 is 0. The molecule has 0 saturated carbocycles. The minimum atomic E-state index is 0.450. The van der Waals surface area contributed by atoms with Crippen molar-refractivity contribution in [3.63, 3.8) is 0 Å². The number of nitrogens with zero attached hydrogens (tertiary/aromatic N) is 1. The second-order valence-electron chi connectivity index (χ2n) is 9.61. The number of rotatable bonds is 5. The van der Waals surface area contributed by atoms with Crippen molar-refractivity contribution in [1.29, 1.82) is 0 Å². The maximum atomic E-state index is 3.92. The van der Waals surface area contributed by atoms with E-state index in [1.54, 1.807) is 0 Å². The zero-order chi connectivity index (χ0) is 15.5. The standard InChI is InChI=1S/C19H38N2/c1-18(2,3)13-16-9-10-17(20-16)14-19(4,5)15-21-11-7-6-8-12-21/h16-17,20H,6-15H2,1-5H3. The Morgan fingerprint density at radius 2 is 1.43 bits per heavy atom. The van der Waals surface area contributed by atoms with Crippen molar-refractivity contribution in [2.24, 2.45) is 10.8 Å². The zero-order valence-electron chi connectivity index (χ0n) is 15.2. The summed E-state index contributed by atoms with van der Waals surface area (Å²) in [5.74, 6) is 0. The second-order valence-corrected chi connectivity index (χ2v) is 9.61. The highest BCUT2D eigenvalue weighted by Gasteiger charge is 2.32. The molecule has 0 spiro atoms. The highest BCUT2D eigenvalue weighted by atomic mass is 15.1. The summed E-state index contributed by atoms with van der Waals surface area (Å²) in [5.41, 5.74) is 0.904. The van der Waals surface area contributed by atoms with Crippen LogP contribution < -0.4 is 5.32 Å². The molecule has 124 valence electrons. The van der Waals surface area contributed by atoms with E-state index in [9.17, 15) is 0 Å². The summed E-state index contributed by atoms with van der Waals surface area (Å²) in [5, 5.41) is 3.92. The molecule has 2 heterocycles. The molecular formula is C19H38N2. The normalized spacial score (nSPS) is 29.0. The smallest absolute Gasteiger partial charge is 0.00757 e. The lowest BCUT2D eigenvalue weighted by atomic mass is 9.84. The summed E-state index contributed by atoms with van der Waals surface area (Å²) in [6.07, 6.45) is 9.67. The van der Waals surface area contributed by atoms with Gasteiger partial charge in [0.2, 0.25) is 0 Å². The van der Waals surface area contributed by atoms with Gasteiger partial charge >= 0.3 is 0 Å². The Morgan fingerprint density at radius 1 is 0.857 bits per heavy atom. The largest absolute Gasteiger partial charge is 0.311 e. The van der Waals surface area contributed by atoms with E-state index in [0.717, 1.165) is 12.1 Å². The molecule has 0 aromatic heterocycles. The average molecular weight is 295 g/mol. The van der Waals surface area contributed by atoms with Crippen molar-refractivity contribution >= 4 is 0 Å². The zero-order valence-corrected chi connectivity index (χ0v) is 15.2. The second kappa shape index (κ2) is 7.00. The molecule has 0 aromatic carbocycles. The molecule has 21 heavy (non-hydrogen) atoms. The first-order valence-corrected chi connectivity index (χ1v) is 9.22. The van der Waals surface area contributed by atoms with E-state index < -0.39 is 0 Å². The van der Waals surface area contributed by atoms with Gasteiger partial charge in [0.15, 0.2) is 0 Å². The Balaban J connectivity index is 1.75. The van der Waals surface area contributed by atoms with Gasteiger partial charge in [0.05, 0.1) is 0 Å². The van der Waals surface area contributed by atoms with Crippen LogP contribution in [0.1, 0.15) is 79.6 Å². The van der Waals surface area contributed by atoms with Crippen molar-refractivity contribution < 1.29 is 0 Å². The maximum absolute atomic E-state index is 3.92. The average Bonchev–Trinajstić information content (AvgIpc) is 2.73. The van der Waals surface area contributed by atoms with Crippen LogP contribution >= 0.6 is 0 Å². The summed E-state index contributed by atoms with van der Waals surface area (Å²) in [7, 11) is 0. The fourth-order valence-corrected chi connectivity index (χ4v) is 4.42. The molecule has 2 atom stereocenters. The lowest BCUT2D eigenvalue weighted by molar-refractivity contribution is 0.137. The van der Waals surface area contributed by atoms with Crippen LogP contribution in [0, 0.1) is 10.8 Å². The van der Waals surface area contributed by atoms with Crippen LogP contribution in [-0.4, -0.2) is 36.6 Å². The van der Waals surface area contributed by atoms with Gasteiger partial charge in [-0.15, -0.1) is 0 Å². The maximum Gasteiger partial charge on any atom is 0.00757 e. The predicted octanol–water partition coefficient (Wildman–Crippen LogP) is 4.45. The number of hydrogen-bond acceptors (Lipinski definition) is 2. The molecule has 2 heteroatoms. The van der Waals surface area contributed by atoms with Gasteiger partial charge in [-0.05, 0) is 62.4 Å². The molecule has 2 aliphatic rings. The third-order valence-electron chi connectivity index (χ3n) is 5.09. The van der Waals surface area contributed by atoms with Crippen molar-refractivity contribution in [3.05, 3.63) is 0 Å². The topological polar surface area (TPSA) is 15.3 Å². The van der Waals surface area contributed by atoms with E-state index in [1.807, 2.05) is 0 Å². The number of piperidine rings is 1. The Morgan fingerprint density at radius 3 is 2.00 bits per heavy atom. The number of nitrogens with one attached hydrogen (secondary N) is 1. The predicted molar refractivity (Wildman–Crippen MR) is 92.7 cm³/mol. The Hall–Kier alpha value is -0.0800. The van der Waals surface area contributed by atoms with Crippen molar-refractivity contribution in [1.82, 2.24) is 10.2 Å². The van der Waals surface area contributed by atoms with Gasteiger partial charge in [-0.25, -0.2) is 0 Å². The van der Waals surface area contributed by atoms with Crippen LogP contribution in [0.2, 0.25) is 0 Å². The molecule has 2 nitrogen and oxygen atoms in total. The van der Waals surface area contributed by atoms with Crippen LogP contribution in [0.25, 0.3) is 0 Å². The SMILES string of the molecule is CC(C)(C)CC1CCC(CC(C)(C)CN2CCCCC2)N1. The van der Waals surface area contributed by atoms with E-state index in [1.165, 1.54) is 64.6 Å². The molecule has 1 N–H and O–H groups in total. The van der Waals surface area contributed by atoms with Crippen LogP contribution in [0.5, 0.6) is 0 Å². The fraction of sp³-hybridized carbons (Fsp3) is 1.00. The monoisotopic (exact) mass is 294 g/mol. The fourth-order valence-electron chi connectivity index (χ4n) is 4.42. The van der Waals surface area contributed by atoms with Gasteiger partial charge in [-0.1, -0.05) is 41.0 Å². The van der Waals surface area contributed by atoms with Crippen molar-refractivity contribution in [2.75, 3.05) is 19.6 Å². The minimum Gasteiger partial charge on any atom is -0.311 e. The summed E-state index contributed by atoms with van der Waals surface area (Å²) in [6, 6.07) is 1.50. The Labute approximate surface area is 133 Å². The quantitative estimate of drug-likeness (QED) is 0.806. The van der Waals surface area contributed by atoms with Gasteiger partial charge in [-0.2, -0.15) is 0 Å². The molecular weight excluding hydrogens is 256 g/mol. The van der Waals surface area contributed by atoms with Crippen LogP contribution in [0.4, 0.5) is 0 Å². The highest BCUT2D eigenvalue weighted by Crippen LogP contribution is 2.32. The van der Waals surface area contributed by atoms with Gasteiger partial charge in [0.1, 0.15) is 0 Å². The third kappa shape index (κ3) is 6.28. The van der Waals surface area contributed by atoms with E-state index >= 15 is 0 Å². The number of hydrogen-bond donors (Lipinski definition) is 1. The first-order valence-electron chi connectivity index (χ1n) is 9.22. The molecule has 0 radical (unpaired) electrons. The van der Waals surface area contributed by atoms with E-state index in [0.29, 0.717) is 10.8 Å². The van der Waals surface area contributed by atoms with Crippen molar-refractivity contribution in [3.8, 4) is 0 Å². The molecule has 2 unspecified atom stereocenters. The third-order valence-corrected chi connectivity index (χ3v) is 5.09. The lowest BCUT2D eigenvalue weighted by Gasteiger charge is -2.36. The van der Waals surface area contributed by atoms with Gasteiger partial charge in [-0.3, -0.25) is 0 Å². The molecule has 0 bridgehead atoms. The van der Waals surface area contributed by atoms with Gasteiger partial charge in [0.25, 0.3) is 0 Å². The van der Waals surface area contributed by atoms with Crippen LogP contribution in [-0.2, 0) is 0 Å². The van der Waals surface area contributed by atoms with Crippen LogP contribution in [0.15, 0.2) is 0 Å². The van der Waals surface area contributed by atoms with Crippen LogP contribution in [0.3, 0.4) is 0 Å². The molecule has 0 aromatic rings. The lowest BCUT2D eigenvalue weighted by Crippen LogP contribution is -2.41. The highest BCUT2D eigenvalue weighted by molar-refractivity contribution is 4.90. The molecule has 0 amide bonds. The number of likely N-dealkylation sites (tertiary alicyclic amines) is 1. The molecule has 2 rings (SSSR count). The molecule has 2 fully saturated rings. The Kier molecular flexibility index (Phi) is 5.76. The van der Waals surface area contributed by atoms with Gasteiger partial charge in [0, 0.05) is 18.6 Å². The first-order chi connectivity index (χ1) is 9.73.